The van der Waals surface area contributed by atoms with Crippen LogP contribution in [0.25, 0.3) is 0 Å². The lowest BCUT2D eigenvalue weighted by Gasteiger charge is -2.10. The van der Waals surface area contributed by atoms with Crippen molar-refractivity contribution < 1.29 is 9.63 Å². The average Bonchev–Trinajstić information content (AvgIpc) is 2.79. The predicted molar refractivity (Wildman–Crippen MR) is 72.0 cm³/mol. The Kier molecular flexibility index (Phi) is 6.54. The van der Waals surface area contributed by atoms with Gasteiger partial charge < -0.3 is 15.9 Å². The maximum atomic E-state index is 11.5. The van der Waals surface area contributed by atoms with E-state index in [1.165, 1.54) is 12.8 Å². The van der Waals surface area contributed by atoms with E-state index in [1.807, 2.05) is 0 Å². The van der Waals surface area contributed by atoms with Gasteiger partial charge >= 0.3 is 0 Å². The topological polar surface area (TPSA) is 76.7 Å². The van der Waals surface area contributed by atoms with Crippen molar-refractivity contribution in [2.45, 2.75) is 58.4 Å². The van der Waals surface area contributed by atoms with Crippen molar-refractivity contribution in [1.29, 1.82) is 0 Å². The molecule has 0 aromatic heterocycles. The van der Waals surface area contributed by atoms with Crippen molar-refractivity contribution in [3.05, 3.63) is 0 Å². The van der Waals surface area contributed by atoms with Crippen LogP contribution < -0.4 is 11.1 Å². The molecule has 0 aromatic rings. The maximum absolute atomic E-state index is 11.5. The fourth-order valence-electron chi connectivity index (χ4n) is 2.00. The zero-order chi connectivity index (χ0) is 13.4. The van der Waals surface area contributed by atoms with E-state index in [1.54, 1.807) is 0 Å². The second-order valence-corrected chi connectivity index (χ2v) is 5.34. The number of amidine groups is 1. The fraction of sp³-hybridized carbons (Fsp3) is 0.846. The molecule has 1 aliphatic rings. The summed E-state index contributed by atoms with van der Waals surface area (Å²) >= 11 is 0. The molecule has 5 nitrogen and oxygen atoms in total. The van der Waals surface area contributed by atoms with Crippen molar-refractivity contribution in [3.8, 4) is 0 Å². The van der Waals surface area contributed by atoms with E-state index in [-0.39, 0.29) is 12.5 Å². The van der Waals surface area contributed by atoms with Crippen LogP contribution in [0.2, 0.25) is 0 Å². The Hall–Kier alpha value is -1.26. The molecule has 1 fully saturated rings. The van der Waals surface area contributed by atoms with Gasteiger partial charge in [0.05, 0.1) is 0 Å². The van der Waals surface area contributed by atoms with Gasteiger partial charge in [0.15, 0.2) is 6.61 Å². The highest BCUT2D eigenvalue weighted by molar-refractivity contribution is 5.80. The van der Waals surface area contributed by atoms with Gasteiger partial charge in [0.25, 0.3) is 5.91 Å². The molecule has 18 heavy (non-hydrogen) atoms. The Morgan fingerprint density at radius 1 is 1.44 bits per heavy atom. The second-order valence-electron chi connectivity index (χ2n) is 5.34. The number of carbonyl (C=O) groups is 1. The van der Waals surface area contributed by atoms with Gasteiger partial charge in [-0.15, -0.1) is 0 Å². The summed E-state index contributed by atoms with van der Waals surface area (Å²) in [5.74, 6) is 0.934. The van der Waals surface area contributed by atoms with E-state index in [2.05, 4.69) is 24.3 Å². The van der Waals surface area contributed by atoms with Gasteiger partial charge in [-0.25, -0.2) is 0 Å². The molecule has 0 radical (unpaired) electrons. The SMILES string of the molecule is CC(C)CC/C(N)=N/OCC(=O)NC1CCCC1. The quantitative estimate of drug-likeness (QED) is 0.413. The maximum Gasteiger partial charge on any atom is 0.260 e. The summed E-state index contributed by atoms with van der Waals surface area (Å²) in [6.07, 6.45) is 6.24. The summed E-state index contributed by atoms with van der Waals surface area (Å²) in [5, 5.41) is 6.67. The van der Waals surface area contributed by atoms with Crippen LogP contribution in [0.4, 0.5) is 0 Å². The van der Waals surface area contributed by atoms with Crippen LogP contribution in [0.5, 0.6) is 0 Å². The summed E-state index contributed by atoms with van der Waals surface area (Å²) in [4.78, 5) is 16.5. The minimum absolute atomic E-state index is 0.0428. The summed E-state index contributed by atoms with van der Waals surface area (Å²) in [6.45, 7) is 4.21. The molecule has 1 aliphatic carbocycles. The predicted octanol–water partition coefficient (Wildman–Crippen LogP) is 1.77. The Morgan fingerprint density at radius 2 is 2.11 bits per heavy atom. The van der Waals surface area contributed by atoms with E-state index in [4.69, 9.17) is 10.6 Å². The fourth-order valence-corrected chi connectivity index (χ4v) is 2.00. The Bertz CT molecular complexity index is 284. The lowest BCUT2D eigenvalue weighted by molar-refractivity contribution is -0.126. The third-order valence-electron chi connectivity index (χ3n) is 3.08. The normalized spacial score (nSPS) is 17.2. The van der Waals surface area contributed by atoms with Crippen molar-refractivity contribution in [2.24, 2.45) is 16.8 Å². The standard InChI is InChI=1S/C13H25N3O2/c1-10(2)7-8-12(14)16-18-9-13(17)15-11-5-3-4-6-11/h10-11H,3-9H2,1-2H3,(H2,14,16)(H,15,17). The highest BCUT2D eigenvalue weighted by Gasteiger charge is 2.16. The third-order valence-corrected chi connectivity index (χ3v) is 3.08. The molecule has 5 heteroatoms. The molecule has 0 unspecified atom stereocenters. The van der Waals surface area contributed by atoms with Crippen LogP contribution in [0.1, 0.15) is 52.4 Å². The molecule has 104 valence electrons. The highest BCUT2D eigenvalue weighted by atomic mass is 16.6. The molecule has 0 aliphatic heterocycles. The molecule has 1 rings (SSSR count). The van der Waals surface area contributed by atoms with Gasteiger partial charge in [-0.3, -0.25) is 4.79 Å². The Balaban J connectivity index is 2.11. The number of amides is 1. The van der Waals surface area contributed by atoms with Crippen LogP contribution in [0, 0.1) is 5.92 Å². The van der Waals surface area contributed by atoms with Crippen molar-refractivity contribution in [2.75, 3.05) is 6.61 Å². The zero-order valence-electron chi connectivity index (χ0n) is 11.4. The molecule has 0 aromatic carbocycles. The van der Waals surface area contributed by atoms with E-state index < -0.39 is 0 Å². The van der Waals surface area contributed by atoms with Crippen LogP contribution in [-0.2, 0) is 9.63 Å². The van der Waals surface area contributed by atoms with Crippen molar-refractivity contribution >= 4 is 11.7 Å². The van der Waals surface area contributed by atoms with Crippen molar-refractivity contribution in [3.63, 3.8) is 0 Å². The lowest BCUT2D eigenvalue weighted by Crippen LogP contribution is -2.35. The monoisotopic (exact) mass is 255 g/mol. The van der Waals surface area contributed by atoms with Gasteiger partial charge in [0, 0.05) is 12.5 Å². The van der Waals surface area contributed by atoms with E-state index >= 15 is 0 Å². The average molecular weight is 255 g/mol. The molecule has 1 amide bonds. The van der Waals surface area contributed by atoms with Crippen LogP contribution in [0.15, 0.2) is 5.16 Å². The summed E-state index contributed by atoms with van der Waals surface area (Å²) in [7, 11) is 0. The first kappa shape index (κ1) is 14.8. The number of nitrogens with zero attached hydrogens (tertiary/aromatic N) is 1. The third kappa shape index (κ3) is 6.47. The molecule has 0 heterocycles. The second kappa shape index (κ2) is 7.95. The van der Waals surface area contributed by atoms with E-state index in [0.717, 1.165) is 19.3 Å². The zero-order valence-corrected chi connectivity index (χ0v) is 11.4. The number of nitrogens with one attached hydrogen (secondary N) is 1. The number of nitrogens with two attached hydrogens (primary N) is 1. The Labute approximate surface area is 109 Å². The first-order valence-electron chi connectivity index (χ1n) is 6.81. The smallest absolute Gasteiger partial charge is 0.260 e. The van der Waals surface area contributed by atoms with E-state index in [0.29, 0.717) is 24.2 Å². The number of oxime groups is 1. The molecule has 0 saturated heterocycles. The van der Waals surface area contributed by atoms with Gasteiger partial charge in [0.1, 0.15) is 5.84 Å². The molecule has 0 atom stereocenters. The first-order chi connectivity index (χ1) is 8.58. The summed E-state index contributed by atoms with van der Waals surface area (Å²) in [6, 6.07) is 0.323. The molecule has 0 spiro atoms. The van der Waals surface area contributed by atoms with Gasteiger partial charge in [0.2, 0.25) is 0 Å². The number of carbonyl (C=O) groups excluding carboxylic acids is 1. The first-order valence-corrected chi connectivity index (χ1v) is 6.81. The molecular weight excluding hydrogens is 230 g/mol. The molecule has 0 bridgehead atoms. The molecule has 3 N–H and O–H groups in total. The van der Waals surface area contributed by atoms with Gasteiger partial charge in [-0.1, -0.05) is 31.8 Å². The highest BCUT2D eigenvalue weighted by Crippen LogP contribution is 2.17. The van der Waals surface area contributed by atoms with Crippen LogP contribution in [-0.4, -0.2) is 24.4 Å². The minimum Gasteiger partial charge on any atom is -0.384 e. The summed E-state index contributed by atoms with van der Waals surface area (Å²) in [5.41, 5.74) is 5.67. The molecular formula is C13H25N3O2. The van der Waals surface area contributed by atoms with Crippen LogP contribution >= 0.6 is 0 Å². The molecule has 1 saturated carbocycles. The number of hydrogen-bond donors (Lipinski definition) is 2. The number of hydrogen-bond acceptors (Lipinski definition) is 3. The van der Waals surface area contributed by atoms with E-state index in [9.17, 15) is 4.79 Å². The Morgan fingerprint density at radius 3 is 2.72 bits per heavy atom. The lowest BCUT2D eigenvalue weighted by atomic mass is 10.1. The largest absolute Gasteiger partial charge is 0.384 e. The number of rotatable bonds is 7. The van der Waals surface area contributed by atoms with Gasteiger partial charge in [-0.05, 0) is 25.2 Å². The van der Waals surface area contributed by atoms with Gasteiger partial charge in [-0.2, -0.15) is 0 Å². The van der Waals surface area contributed by atoms with Crippen LogP contribution in [0.3, 0.4) is 0 Å². The minimum atomic E-state index is -0.109. The van der Waals surface area contributed by atoms with Crippen molar-refractivity contribution in [1.82, 2.24) is 5.32 Å². The summed E-state index contributed by atoms with van der Waals surface area (Å²) < 4.78 is 0.